The number of hydrogen-bond donors (Lipinski definition) is 0. The Morgan fingerprint density at radius 2 is 0.811 bits per heavy atom. The number of allylic oxidation sites excluding steroid dienone is 5. The first-order valence-electron chi connectivity index (χ1n) is 11.5. The van der Waals surface area contributed by atoms with Gasteiger partial charge in [0.25, 0.3) is 0 Å². The SMILES string of the molecule is C[C]1C=C[C+](C(=C(c2ccc(C)cc2)c2ccc(C)cc2)c2ccc(C)cc2)C=C1.[Cl][Sb-]([Cl])([Cl])([Cl])([Cl])[Cl]. The van der Waals surface area contributed by atoms with E-state index >= 15 is 0 Å². The van der Waals surface area contributed by atoms with Gasteiger partial charge in [0.2, 0.25) is 0 Å². The fourth-order valence-corrected chi connectivity index (χ4v) is 3.79. The van der Waals surface area contributed by atoms with Crippen molar-refractivity contribution in [3.05, 3.63) is 142 Å². The van der Waals surface area contributed by atoms with Crippen LogP contribution in [0.15, 0.2) is 97.1 Å². The summed E-state index contributed by atoms with van der Waals surface area (Å²) in [5, 5.41) is 0. The first-order chi connectivity index (χ1) is 17.0. The molecule has 0 aromatic heterocycles. The van der Waals surface area contributed by atoms with Crippen molar-refractivity contribution in [2.75, 3.05) is 0 Å². The Kier molecular flexibility index (Phi) is 9.53. The predicted molar refractivity (Wildman–Crippen MR) is 171 cm³/mol. The van der Waals surface area contributed by atoms with Crippen molar-refractivity contribution in [1.29, 1.82) is 0 Å². The molecule has 37 heavy (non-hydrogen) atoms. The summed E-state index contributed by atoms with van der Waals surface area (Å²) in [5.41, 5.74) is 10.1. The van der Waals surface area contributed by atoms with Crippen molar-refractivity contribution in [2.24, 2.45) is 0 Å². The number of benzene rings is 3. The summed E-state index contributed by atoms with van der Waals surface area (Å²) in [4.78, 5) is 0. The molecular weight excluding hydrogens is 695 g/mol. The average Bonchev–Trinajstić information content (AvgIpc) is 2.79. The van der Waals surface area contributed by atoms with E-state index in [9.17, 15) is 0 Å². The van der Waals surface area contributed by atoms with Crippen molar-refractivity contribution in [3.63, 3.8) is 0 Å². The van der Waals surface area contributed by atoms with Crippen LogP contribution in [0.4, 0.5) is 0 Å². The summed E-state index contributed by atoms with van der Waals surface area (Å²) in [6, 6.07) is 26.7. The van der Waals surface area contributed by atoms with Crippen LogP contribution in [0.3, 0.4) is 0 Å². The van der Waals surface area contributed by atoms with Crippen LogP contribution in [0.1, 0.15) is 40.3 Å². The van der Waals surface area contributed by atoms with Gasteiger partial charge in [0.05, 0.1) is 23.0 Å². The van der Waals surface area contributed by atoms with Crippen LogP contribution >= 0.6 is 53.0 Å². The van der Waals surface area contributed by atoms with Crippen LogP contribution in [-0.4, -0.2) is 9.14 Å². The van der Waals surface area contributed by atoms with Gasteiger partial charge in [-0.05, 0) is 81.8 Å². The van der Waals surface area contributed by atoms with Crippen LogP contribution in [0.5, 0.6) is 0 Å². The van der Waals surface area contributed by atoms with Crippen molar-refractivity contribution < 1.29 is 0 Å². The molecule has 0 atom stereocenters. The molecule has 0 saturated carbocycles. The third-order valence-electron chi connectivity index (χ3n) is 5.61. The minimum absolute atomic E-state index is 1.24. The fraction of sp³-hybridized carbons (Fsp3) is 0.133. The molecule has 1 aliphatic carbocycles. The van der Waals surface area contributed by atoms with Crippen LogP contribution in [0, 0.1) is 32.6 Å². The number of rotatable bonds is 4. The minimum atomic E-state index is -5.42. The van der Waals surface area contributed by atoms with Crippen molar-refractivity contribution in [1.82, 2.24) is 0 Å². The molecule has 3 aromatic rings. The van der Waals surface area contributed by atoms with Crippen molar-refractivity contribution in [3.8, 4) is 0 Å². The number of aryl methyl sites for hydroxylation is 3. The summed E-state index contributed by atoms with van der Waals surface area (Å²) in [7, 11) is 25.0. The normalized spacial score (nSPS) is 15.4. The van der Waals surface area contributed by atoms with Gasteiger partial charge in [-0.15, -0.1) is 0 Å². The summed E-state index contributed by atoms with van der Waals surface area (Å²) < 4.78 is 0. The summed E-state index contributed by atoms with van der Waals surface area (Å²) in [6.45, 7) is 8.56. The second-order valence-electron chi connectivity index (χ2n) is 9.17. The fourth-order valence-electron chi connectivity index (χ4n) is 3.79. The van der Waals surface area contributed by atoms with Gasteiger partial charge < -0.3 is 0 Å². The third kappa shape index (κ3) is 11.1. The van der Waals surface area contributed by atoms with Crippen LogP contribution in [0.2, 0.25) is 0 Å². The Morgan fingerprint density at radius 1 is 0.514 bits per heavy atom. The summed E-state index contributed by atoms with van der Waals surface area (Å²) in [6.07, 6.45) is 8.89. The molecule has 3 aromatic carbocycles. The zero-order valence-corrected chi connectivity index (χ0v) is 28.0. The molecule has 0 aliphatic heterocycles. The monoisotopic (exact) mass is 719 g/mol. The molecule has 0 spiro atoms. The van der Waals surface area contributed by atoms with Gasteiger partial charge >= 0.3 is 62.1 Å². The van der Waals surface area contributed by atoms with Gasteiger partial charge in [0.1, 0.15) is 0 Å². The molecule has 0 bridgehead atoms. The molecule has 0 amide bonds. The zero-order chi connectivity index (χ0) is 27.5. The van der Waals surface area contributed by atoms with E-state index in [0.29, 0.717) is 0 Å². The van der Waals surface area contributed by atoms with E-state index in [1.54, 1.807) is 0 Å². The van der Waals surface area contributed by atoms with Gasteiger partial charge in [-0.3, -0.25) is 0 Å². The predicted octanol–water partition coefficient (Wildman–Crippen LogP) is 11.6. The van der Waals surface area contributed by atoms with Crippen LogP contribution in [0.25, 0.3) is 11.1 Å². The van der Waals surface area contributed by atoms with E-state index in [1.807, 2.05) is 0 Å². The number of halogens is 6. The van der Waals surface area contributed by atoms with Crippen molar-refractivity contribution >= 4 is 73.3 Å². The standard InChI is InChI=1S/C30H28.6ClH.Sb/c1-21-5-13-25(14-6-21)29(26-15-7-22(2)8-16-26)30(27-17-9-23(3)10-18-27)28-19-11-24(4)12-20-28;;;;;;;/h5-20H,1-4H3;6*1H;/q+1;;;;;;;+5/p-6. The Morgan fingerprint density at radius 3 is 1.14 bits per heavy atom. The van der Waals surface area contributed by atoms with E-state index in [2.05, 4.69) is 125 Å². The second kappa shape index (κ2) is 11.4. The molecule has 0 N–H and O–H groups in total. The van der Waals surface area contributed by atoms with Gasteiger partial charge in [0.15, 0.2) is 0 Å². The Bertz CT molecular complexity index is 1240. The molecule has 0 heterocycles. The quantitative estimate of drug-likeness (QED) is 0.143. The van der Waals surface area contributed by atoms with Gasteiger partial charge in [-0.1, -0.05) is 47.5 Å². The molecule has 7 heteroatoms. The second-order valence-corrected chi connectivity index (χ2v) is 66.1. The molecule has 0 nitrogen and oxygen atoms in total. The first kappa shape index (κ1) is 30.8. The van der Waals surface area contributed by atoms with Crippen molar-refractivity contribution in [2.45, 2.75) is 27.7 Å². The topological polar surface area (TPSA) is 0 Å². The van der Waals surface area contributed by atoms with E-state index in [1.165, 1.54) is 56.4 Å². The average molecular weight is 723 g/mol. The van der Waals surface area contributed by atoms with E-state index in [4.69, 9.17) is 53.0 Å². The molecule has 0 saturated heterocycles. The summed E-state index contributed by atoms with van der Waals surface area (Å²) in [5.74, 6) is 2.51. The third-order valence-corrected chi connectivity index (χ3v) is 5.61. The van der Waals surface area contributed by atoms with Crippen LogP contribution < -0.4 is 0 Å². The Labute approximate surface area is 241 Å². The molecule has 4 rings (SSSR count). The van der Waals surface area contributed by atoms with E-state index < -0.39 is 9.14 Å². The van der Waals surface area contributed by atoms with Gasteiger partial charge in [-0.25, -0.2) is 0 Å². The molecule has 0 fully saturated rings. The van der Waals surface area contributed by atoms with E-state index in [0.717, 1.165) is 0 Å². The maximum atomic E-state index is 5.06. The van der Waals surface area contributed by atoms with Crippen LogP contribution in [-0.2, 0) is 0 Å². The maximum absolute atomic E-state index is 5.42. The molecule has 1 radical (unpaired) electrons. The van der Waals surface area contributed by atoms with Gasteiger partial charge in [-0.2, -0.15) is 0 Å². The Balaban J connectivity index is 0.000000479. The van der Waals surface area contributed by atoms with Gasteiger partial charge in [0, 0.05) is 28.8 Å². The molecule has 195 valence electrons. The number of hydrogen-bond acceptors (Lipinski definition) is 0. The molecular formula is C30H28Cl6Sb. The molecule has 1 aliphatic rings. The van der Waals surface area contributed by atoms with E-state index in [-0.39, 0.29) is 0 Å². The Hall–Kier alpha value is -0.692. The first-order valence-corrected chi connectivity index (χ1v) is 30.9. The summed E-state index contributed by atoms with van der Waals surface area (Å²) >= 11 is 0. The zero-order valence-electron chi connectivity index (χ0n) is 21.0. The molecule has 0 unspecified atom stereocenters.